The van der Waals surface area contributed by atoms with E-state index >= 15 is 0 Å². The zero-order valence-electron chi connectivity index (χ0n) is 5.61. The lowest BCUT2D eigenvalue weighted by Crippen LogP contribution is -2.07. The van der Waals surface area contributed by atoms with Crippen LogP contribution >= 0.6 is 11.0 Å². The third kappa shape index (κ3) is 1.94. The van der Waals surface area contributed by atoms with Gasteiger partial charge >= 0.3 is 9.06 Å². The Labute approximate surface area is 71.9 Å². The minimum Gasteiger partial charge on any atom is -0.210 e. The Balaban J connectivity index is 2.95. The van der Waals surface area contributed by atoms with E-state index in [9.17, 15) is 13.2 Å². The molecule has 0 bridgehead atoms. The molecule has 0 spiro atoms. The number of rotatable bonds is 3. The zero-order valence-corrected chi connectivity index (χ0v) is 7.25. The monoisotopic (exact) mass is 205 g/mol. The highest BCUT2D eigenvalue weighted by molar-refractivity contribution is 8.70. The van der Waals surface area contributed by atoms with Gasteiger partial charge in [0.2, 0.25) is 6.08 Å². The van der Waals surface area contributed by atoms with E-state index in [1.54, 1.807) is 0 Å². The molecule has 0 atom stereocenters. The highest BCUT2D eigenvalue weighted by Crippen LogP contribution is 2.14. The third-order valence-corrected chi connectivity index (χ3v) is 3.14. The summed E-state index contributed by atoms with van der Waals surface area (Å²) in [5.41, 5.74) is 0. The highest BCUT2D eigenvalue weighted by Gasteiger charge is 2.13. The van der Waals surface area contributed by atoms with Crippen molar-refractivity contribution in [1.82, 2.24) is 9.19 Å². The molecule has 1 aromatic heterocycles. The van der Waals surface area contributed by atoms with E-state index < -0.39 is 9.06 Å². The minimum atomic E-state index is -3.69. The first kappa shape index (κ1) is 8.98. The zero-order chi connectivity index (χ0) is 9.03. The summed E-state index contributed by atoms with van der Waals surface area (Å²) >= 11 is 0. The topological polar surface area (TPSA) is 81.4 Å². The molecule has 8 heteroatoms. The summed E-state index contributed by atoms with van der Waals surface area (Å²) in [6.07, 6.45) is 3.65. The second kappa shape index (κ2) is 3.53. The molecule has 0 aliphatic heterocycles. The average molecular weight is 205 g/mol. The van der Waals surface area contributed by atoms with E-state index in [0.29, 0.717) is 4.09 Å². The molecule has 12 heavy (non-hydrogen) atoms. The Morgan fingerprint density at radius 2 is 2.33 bits per heavy atom. The van der Waals surface area contributed by atoms with E-state index in [1.165, 1.54) is 18.5 Å². The van der Waals surface area contributed by atoms with E-state index in [1.807, 2.05) is 0 Å². The van der Waals surface area contributed by atoms with E-state index in [0.717, 1.165) is 6.08 Å². The first-order valence-electron chi connectivity index (χ1n) is 2.68. The maximum atomic E-state index is 11.0. The molecule has 1 heterocycles. The van der Waals surface area contributed by atoms with Gasteiger partial charge in [-0.1, -0.05) is 0 Å². The second-order valence-electron chi connectivity index (χ2n) is 1.59. The smallest absolute Gasteiger partial charge is 0.210 e. The summed E-state index contributed by atoms with van der Waals surface area (Å²) in [7, 11) is -3.58. The summed E-state index contributed by atoms with van der Waals surface area (Å²) in [6, 6.07) is 1.45. The van der Waals surface area contributed by atoms with Crippen LogP contribution in [0.5, 0.6) is 0 Å². The summed E-state index contributed by atoms with van der Waals surface area (Å²) in [6.45, 7) is 0. The van der Waals surface area contributed by atoms with Gasteiger partial charge in [-0.2, -0.15) is 17.6 Å². The van der Waals surface area contributed by atoms with E-state index in [2.05, 4.69) is 9.50 Å². The number of hydrogen-bond donors (Lipinski definition) is 0. The summed E-state index contributed by atoms with van der Waals surface area (Å²) in [5, 5.41) is 3.46. The molecule has 64 valence electrons. The van der Waals surface area contributed by atoms with Crippen LogP contribution in [0.25, 0.3) is 0 Å². The van der Waals surface area contributed by atoms with Gasteiger partial charge in [0.25, 0.3) is 0 Å². The van der Waals surface area contributed by atoms with Crippen LogP contribution in [0.1, 0.15) is 0 Å². The van der Waals surface area contributed by atoms with Gasteiger partial charge in [0, 0.05) is 6.20 Å². The van der Waals surface area contributed by atoms with Crippen LogP contribution in [0.15, 0.2) is 22.9 Å². The second-order valence-corrected chi connectivity index (χ2v) is 4.87. The van der Waals surface area contributed by atoms with Crippen molar-refractivity contribution in [3.05, 3.63) is 18.5 Å². The fraction of sp³-hybridized carbons (Fsp3) is 0. The van der Waals surface area contributed by atoms with Gasteiger partial charge in [0.1, 0.15) is 11.0 Å². The van der Waals surface area contributed by atoms with Crippen LogP contribution < -0.4 is 0 Å². The summed E-state index contributed by atoms with van der Waals surface area (Å²) in [5.74, 6) is 0. The van der Waals surface area contributed by atoms with Crippen LogP contribution in [0.4, 0.5) is 0 Å². The van der Waals surface area contributed by atoms with Crippen molar-refractivity contribution in [1.29, 1.82) is 0 Å². The Morgan fingerprint density at radius 1 is 1.58 bits per heavy atom. The van der Waals surface area contributed by atoms with Crippen molar-refractivity contribution in [2.24, 2.45) is 4.40 Å². The number of aromatic nitrogens is 2. The van der Waals surface area contributed by atoms with Gasteiger partial charge in [-0.25, -0.2) is 4.79 Å². The summed E-state index contributed by atoms with van der Waals surface area (Å²) in [4.78, 5) is 9.61. The lowest BCUT2D eigenvalue weighted by atomic mass is 10.8. The molecular formula is C4H3N3O3S2. The normalized spacial score (nSPS) is 10.7. The Morgan fingerprint density at radius 3 is 2.83 bits per heavy atom. The number of isocyanates is 1. The van der Waals surface area contributed by atoms with Crippen molar-refractivity contribution in [3.8, 4) is 0 Å². The largest absolute Gasteiger partial charge is 0.329 e. The third-order valence-electron chi connectivity index (χ3n) is 0.878. The first-order chi connectivity index (χ1) is 5.67. The molecule has 0 aromatic carbocycles. The van der Waals surface area contributed by atoms with E-state index in [-0.39, 0.29) is 11.0 Å². The molecule has 0 aliphatic carbocycles. The molecule has 1 rings (SSSR count). The van der Waals surface area contributed by atoms with Crippen molar-refractivity contribution in [2.45, 2.75) is 0 Å². The molecule has 1 aromatic rings. The van der Waals surface area contributed by atoms with Gasteiger partial charge in [-0.05, 0) is 6.07 Å². The lowest BCUT2D eigenvalue weighted by molar-refractivity contribution is 0.566. The molecule has 0 fully saturated rings. The van der Waals surface area contributed by atoms with Gasteiger partial charge in [0.15, 0.2) is 0 Å². The van der Waals surface area contributed by atoms with Crippen LogP contribution in [-0.4, -0.2) is 23.7 Å². The number of hydrogen-bond acceptors (Lipinski definition) is 6. The van der Waals surface area contributed by atoms with Gasteiger partial charge in [-0.3, -0.25) is 0 Å². The maximum Gasteiger partial charge on any atom is 0.329 e. The Kier molecular flexibility index (Phi) is 2.64. The van der Waals surface area contributed by atoms with Gasteiger partial charge in [0.05, 0.1) is 6.20 Å². The molecule has 6 nitrogen and oxygen atoms in total. The fourth-order valence-corrected chi connectivity index (χ4v) is 1.91. The Bertz CT molecular complexity index is 389. The predicted octanol–water partition coefficient (Wildman–Crippen LogP) is -0.0400. The Hall–Kier alpha value is -1.11. The maximum absolute atomic E-state index is 11.0. The number of carbonyl (C=O) groups excluding carboxylic acids is 1. The molecule has 0 unspecified atom stereocenters. The molecule has 0 saturated heterocycles. The van der Waals surface area contributed by atoms with Crippen molar-refractivity contribution >= 4 is 26.1 Å². The van der Waals surface area contributed by atoms with E-state index in [4.69, 9.17) is 0 Å². The molecule has 0 saturated carbocycles. The lowest BCUT2D eigenvalue weighted by Gasteiger charge is -1.95. The standard InChI is InChI=1S/C4H3N3O3S2/c8-4-6-11-12(9,10)7-3-1-2-5-7/h1-3H. The molecular weight excluding hydrogens is 202 g/mol. The van der Waals surface area contributed by atoms with Crippen LogP contribution in [0.2, 0.25) is 0 Å². The first-order valence-corrected chi connectivity index (χ1v) is 5.41. The molecule has 0 amide bonds. The predicted molar refractivity (Wildman–Crippen MR) is 42.3 cm³/mol. The van der Waals surface area contributed by atoms with Crippen molar-refractivity contribution in [3.63, 3.8) is 0 Å². The highest BCUT2D eigenvalue weighted by atomic mass is 33.1. The van der Waals surface area contributed by atoms with Gasteiger partial charge in [-0.15, -0.1) is 4.40 Å². The number of nitrogens with zero attached hydrogens (tertiary/aromatic N) is 3. The average Bonchev–Trinajstić information content (AvgIpc) is 2.53. The molecule has 0 radical (unpaired) electrons. The quantitative estimate of drug-likeness (QED) is 0.299. The summed E-state index contributed by atoms with van der Waals surface area (Å²) < 4.78 is 25.7. The molecule has 0 N–H and O–H groups in total. The van der Waals surface area contributed by atoms with Crippen LogP contribution in [0, 0.1) is 0 Å². The fourth-order valence-electron chi connectivity index (χ4n) is 0.484. The van der Waals surface area contributed by atoms with Crippen molar-refractivity contribution in [2.75, 3.05) is 0 Å². The molecule has 0 aliphatic rings. The van der Waals surface area contributed by atoms with Crippen LogP contribution in [-0.2, 0) is 13.8 Å². The SMILES string of the molecule is O=C=NSS(=O)(=O)n1cccn1. The minimum absolute atomic E-state index is 0.111. The van der Waals surface area contributed by atoms with Gasteiger partial charge < -0.3 is 0 Å². The van der Waals surface area contributed by atoms with Crippen LogP contribution in [0.3, 0.4) is 0 Å². The van der Waals surface area contributed by atoms with Crippen molar-refractivity contribution < 1.29 is 13.2 Å².